The lowest BCUT2D eigenvalue weighted by atomic mass is 9.91. The van der Waals surface area contributed by atoms with Crippen LogP contribution in [0.15, 0.2) is 57.5 Å². The van der Waals surface area contributed by atoms with Crippen LogP contribution in [0, 0.1) is 5.41 Å². The summed E-state index contributed by atoms with van der Waals surface area (Å²) in [7, 11) is 3.57. The molecule has 3 aliphatic rings. The Hall–Kier alpha value is -2.30. The van der Waals surface area contributed by atoms with Gasteiger partial charge < -0.3 is 15.5 Å². The molecule has 5 heteroatoms. The zero-order valence-electron chi connectivity index (χ0n) is 15.1. The van der Waals surface area contributed by atoms with E-state index in [1.54, 1.807) is 14.1 Å². The second-order valence-corrected chi connectivity index (χ2v) is 6.93. The van der Waals surface area contributed by atoms with Gasteiger partial charge in [0.15, 0.2) is 0 Å². The third-order valence-electron chi connectivity index (χ3n) is 5.00. The topological polar surface area (TPSA) is 57.2 Å². The Labute approximate surface area is 144 Å². The van der Waals surface area contributed by atoms with Gasteiger partial charge in [0.05, 0.1) is 11.4 Å². The molecule has 1 saturated heterocycles. The first-order valence-corrected chi connectivity index (χ1v) is 8.50. The molecule has 0 bridgehead atoms. The van der Waals surface area contributed by atoms with Crippen LogP contribution >= 0.6 is 0 Å². The SMILES string of the molecule is CN=C1C(N)=CC=C(N2CCN(C3=CC=CC3(C)C)CC2)C1=NC. The highest BCUT2D eigenvalue weighted by atomic mass is 15.3. The molecule has 1 aliphatic heterocycles. The minimum absolute atomic E-state index is 0.140. The van der Waals surface area contributed by atoms with E-state index < -0.39 is 0 Å². The van der Waals surface area contributed by atoms with Crippen molar-refractivity contribution in [2.24, 2.45) is 21.1 Å². The van der Waals surface area contributed by atoms with E-state index in [-0.39, 0.29) is 5.41 Å². The fourth-order valence-corrected chi connectivity index (χ4v) is 3.68. The van der Waals surface area contributed by atoms with Gasteiger partial charge in [-0.05, 0) is 18.2 Å². The van der Waals surface area contributed by atoms with Crippen LogP contribution in [0.1, 0.15) is 13.8 Å². The van der Waals surface area contributed by atoms with Crippen LogP contribution in [-0.2, 0) is 0 Å². The van der Waals surface area contributed by atoms with Gasteiger partial charge >= 0.3 is 0 Å². The molecule has 3 rings (SSSR count). The normalized spacial score (nSPS) is 26.8. The zero-order chi connectivity index (χ0) is 17.3. The largest absolute Gasteiger partial charge is 0.397 e. The Morgan fingerprint density at radius 2 is 1.54 bits per heavy atom. The van der Waals surface area contributed by atoms with Crippen molar-refractivity contribution in [2.45, 2.75) is 13.8 Å². The van der Waals surface area contributed by atoms with Crippen molar-refractivity contribution in [2.75, 3.05) is 40.3 Å². The molecule has 0 atom stereocenters. The van der Waals surface area contributed by atoms with Crippen LogP contribution in [0.5, 0.6) is 0 Å². The summed E-state index contributed by atoms with van der Waals surface area (Å²) in [6.45, 7) is 8.54. The van der Waals surface area contributed by atoms with E-state index in [1.807, 2.05) is 6.08 Å². The Morgan fingerprint density at radius 1 is 0.917 bits per heavy atom. The van der Waals surface area contributed by atoms with Crippen molar-refractivity contribution in [3.8, 4) is 0 Å². The predicted octanol–water partition coefficient (Wildman–Crippen LogP) is 1.97. The Kier molecular flexibility index (Phi) is 4.35. The van der Waals surface area contributed by atoms with Crippen LogP contribution < -0.4 is 5.73 Å². The molecule has 0 unspecified atom stereocenters. The van der Waals surface area contributed by atoms with Crippen molar-refractivity contribution in [3.63, 3.8) is 0 Å². The van der Waals surface area contributed by atoms with Crippen LogP contribution in [0.2, 0.25) is 0 Å². The van der Waals surface area contributed by atoms with Gasteiger partial charge in [-0.25, -0.2) is 0 Å². The summed E-state index contributed by atoms with van der Waals surface area (Å²) in [5.74, 6) is 0. The van der Waals surface area contributed by atoms with Crippen molar-refractivity contribution >= 4 is 11.4 Å². The Balaban J connectivity index is 1.73. The Morgan fingerprint density at radius 3 is 2.08 bits per heavy atom. The summed E-state index contributed by atoms with van der Waals surface area (Å²) in [6.07, 6.45) is 10.7. The van der Waals surface area contributed by atoms with Gasteiger partial charge in [-0.3, -0.25) is 9.98 Å². The van der Waals surface area contributed by atoms with Crippen LogP contribution in [0.25, 0.3) is 0 Å². The third-order valence-corrected chi connectivity index (χ3v) is 5.00. The second kappa shape index (κ2) is 6.30. The van der Waals surface area contributed by atoms with E-state index in [1.165, 1.54) is 5.70 Å². The zero-order valence-corrected chi connectivity index (χ0v) is 15.1. The molecule has 0 aromatic rings. The summed E-state index contributed by atoms with van der Waals surface area (Å²) in [6, 6.07) is 0. The Bertz CT molecular complexity index is 695. The molecule has 0 radical (unpaired) electrons. The third kappa shape index (κ3) is 2.79. The maximum absolute atomic E-state index is 6.05. The maximum Gasteiger partial charge on any atom is 0.108 e. The summed E-state index contributed by atoms with van der Waals surface area (Å²) in [5.41, 5.74) is 11.1. The molecule has 0 spiro atoms. The average molecular weight is 325 g/mol. The predicted molar refractivity (Wildman–Crippen MR) is 101 cm³/mol. The van der Waals surface area contributed by atoms with E-state index in [2.05, 4.69) is 57.9 Å². The first kappa shape index (κ1) is 16.6. The van der Waals surface area contributed by atoms with Crippen molar-refractivity contribution in [1.82, 2.24) is 9.80 Å². The molecule has 0 aromatic carbocycles. The molecule has 128 valence electrons. The van der Waals surface area contributed by atoms with Gasteiger partial charge in [0.25, 0.3) is 0 Å². The summed E-state index contributed by atoms with van der Waals surface area (Å²) >= 11 is 0. The highest BCUT2D eigenvalue weighted by Crippen LogP contribution is 2.35. The maximum atomic E-state index is 6.05. The number of hydrogen-bond acceptors (Lipinski definition) is 5. The minimum Gasteiger partial charge on any atom is -0.397 e. The lowest BCUT2D eigenvalue weighted by Gasteiger charge is -2.42. The van der Waals surface area contributed by atoms with Crippen LogP contribution in [0.4, 0.5) is 0 Å². The molecule has 0 saturated carbocycles. The van der Waals surface area contributed by atoms with Gasteiger partial charge in [0.1, 0.15) is 11.4 Å². The van der Waals surface area contributed by atoms with Crippen molar-refractivity contribution < 1.29 is 0 Å². The van der Waals surface area contributed by atoms with Gasteiger partial charge in [0.2, 0.25) is 0 Å². The van der Waals surface area contributed by atoms with E-state index in [0.29, 0.717) is 5.70 Å². The molecular weight excluding hydrogens is 298 g/mol. The van der Waals surface area contributed by atoms with E-state index >= 15 is 0 Å². The number of piperazine rings is 1. The fraction of sp³-hybridized carbons (Fsp3) is 0.474. The van der Waals surface area contributed by atoms with Gasteiger partial charge in [0, 0.05) is 51.4 Å². The van der Waals surface area contributed by atoms with E-state index in [0.717, 1.165) is 43.3 Å². The first-order chi connectivity index (χ1) is 11.5. The monoisotopic (exact) mass is 325 g/mol. The molecule has 5 nitrogen and oxygen atoms in total. The van der Waals surface area contributed by atoms with Crippen LogP contribution in [0.3, 0.4) is 0 Å². The summed E-state index contributed by atoms with van der Waals surface area (Å²) < 4.78 is 0. The number of nitrogens with zero attached hydrogens (tertiary/aromatic N) is 4. The number of rotatable bonds is 2. The number of nitrogens with two attached hydrogens (primary N) is 1. The standard InChI is InChI=1S/C19H27N5/c1-19(2)9-5-6-16(19)24-12-10-23(11-13-24)15-8-7-14(20)17(21-3)18(15)22-4/h5-9H,10-13,20H2,1-4H3. The molecular formula is C19H27N5. The molecule has 1 fully saturated rings. The van der Waals surface area contributed by atoms with E-state index in [9.17, 15) is 0 Å². The summed E-state index contributed by atoms with van der Waals surface area (Å²) in [5, 5.41) is 0. The quantitative estimate of drug-likeness (QED) is 0.790. The fourth-order valence-electron chi connectivity index (χ4n) is 3.68. The molecule has 0 aromatic heterocycles. The number of hydrogen-bond donors (Lipinski definition) is 1. The molecule has 0 amide bonds. The molecule has 24 heavy (non-hydrogen) atoms. The molecule has 1 heterocycles. The average Bonchev–Trinajstić information content (AvgIpc) is 2.94. The molecule has 2 N–H and O–H groups in total. The number of aliphatic imine (C=N–C) groups is 2. The van der Waals surface area contributed by atoms with Gasteiger partial charge in [-0.2, -0.15) is 0 Å². The van der Waals surface area contributed by atoms with E-state index in [4.69, 9.17) is 5.73 Å². The van der Waals surface area contributed by atoms with Gasteiger partial charge in [-0.1, -0.05) is 26.0 Å². The highest BCUT2D eigenvalue weighted by Gasteiger charge is 2.31. The molecule has 2 aliphatic carbocycles. The first-order valence-electron chi connectivity index (χ1n) is 8.50. The smallest absolute Gasteiger partial charge is 0.108 e. The second-order valence-electron chi connectivity index (χ2n) is 6.93. The van der Waals surface area contributed by atoms with Crippen LogP contribution in [-0.4, -0.2) is 61.5 Å². The number of allylic oxidation sites excluding steroid dienone is 7. The van der Waals surface area contributed by atoms with Crippen molar-refractivity contribution in [1.29, 1.82) is 0 Å². The van der Waals surface area contributed by atoms with Crippen molar-refractivity contribution in [3.05, 3.63) is 47.5 Å². The lowest BCUT2D eigenvalue weighted by Crippen LogP contribution is -2.49. The summed E-state index contributed by atoms with van der Waals surface area (Å²) in [4.78, 5) is 13.7. The lowest BCUT2D eigenvalue weighted by molar-refractivity contribution is 0.178. The van der Waals surface area contributed by atoms with Gasteiger partial charge in [-0.15, -0.1) is 0 Å². The minimum atomic E-state index is 0.140. The highest BCUT2D eigenvalue weighted by molar-refractivity contribution is 6.54.